The maximum absolute atomic E-state index is 13.1. The summed E-state index contributed by atoms with van der Waals surface area (Å²) in [5, 5.41) is 10.5. The van der Waals surface area contributed by atoms with Crippen molar-refractivity contribution in [3.63, 3.8) is 0 Å². The van der Waals surface area contributed by atoms with Crippen LogP contribution in [0.5, 0.6) is 0 Å². The second kappa shape index (κ2) is 4.25. The summed E-state index contributed by atoms with van der Waals surface area (Å²) in [5.74, 6) is 0.00443. The number of halogens is 1. The van der Waals surface area contributed by atoms with Crippen LogP contribution in [0.1, 0.15) is 25.2 Å². The molecule has 0 aliphatic carbocycles. The fourth-order valence-electron chi connectivity index (χ4n) is 1.80. The van der Waals surface area contributed by atoms with Crippen molar-refractivity contribution in [1.82, 2.24) is 14.5 Å². The topological polar surface area (TPSA) is 50.9 Å². The lowest BCUT2D eigenvalue weighted by molar-refractivity contribution is 0.0874. The Morgan fingerprint density at radius 2 is 2.24 bits per heavy atom. The van der Waals surface area contributed by atoms with E-state index in [0.717, 1.165) is 6.20 Å². The fraction of sp³-hybridized carbons (Fsp3) is 0.333. The van der Waals surface area contributed by atoms with Crippen molar-refractivity contribution in [3.05, 3.63) is 48.1 Å². The molecule has 2 aromatic heterocycles. The van der Waals surface area contributed by atoms with Crippen LogP contribution in [0.2, 0.25) is 0 Å². The number of aromatic nitrogens is 3. The molecule has 0 saturated heterocycles. The van der Waals surface area contributed by atoms with Gasteiger partial charge < -0.3 is 9.67 Å². The van der Waals surface area contributed by atoms with Crippen molar-refractivity contribution in [1.29, 1.82) is 0 Å². The lowest BCUT2D eigenvalue weighted by Crippen LogP contribution is -2.27. The van der Waals surface area contributed by atoms with Crippen molar-refractivity contribution in [2.24, 2.45) is 0 Å². The number of aryl methyl sites for hydroxylation is 1. The highest BCUT2D eigenvalue weighted by molar-refractivity contribution is 5.26. The standard InChI is InChI=1S/C12H14FN3O/c1-3-16-5-4-15-11(16)12(2,17)9-6-10(13)8-14-7-9/h4-8,17H,3H2,1-2H3. The normalized spacial score (nSPS) is 14.6. The van der Waals surface area contributed by atoms with E-state index in [-0.39, 0.29) is 0 Å². The number of aliphatic hydroxyl groups is 1. The Hall–Kier alpha value is -1.75. The molecule has 0 saturated carbocycles. The molecule has 0 aliphatic heterocycles. The Labute approximate surface area is 98.8 Å². The van der Waals surface area contributed by atoms with E-state index in [0.29, 0.717) is 17.9 Å². The molecule has 2 heterocycles. The summed E-state index contributed by atoms with van der Waals surface area (Å²) in [6.07, 6.45) is 5.93. The van der Waals surface area contributed by atoms with Gasteiger partial charge in [-0.1, -0.05) is 0 Å². The van der Waals surface area contributed by atoms with E-state index >= 15 is 0 Å². The molecule has 1 atom stereocenters. The first-order valence-corrected chi connectivity index (χ1v) is 5.40. The van der Waals surface area contributed by atoms with Gasteiger partial charge in [0.25, 0.3) is 0 Å². The minimum Gasteiger partial charge on any atom is -0.377 e. The Kier molecular flexibility index (Phi) is 2.93. The maximum atomic E-state index is 13.1. The molecule has 17 heavy (non-hydrogen) atoms. The molecule has 0 fully saturated rings. The Morgan fingerprint density at radius 3 is 2.88 bits per heavy atom. The van der Waals surface area contributed by atoms with Crippen LogP contribution in [0.3, 0.4) is 0 Å². The van der Waals surface area contributed by atoms with Gasteiger partial charge >= 0.3 is 0 Å². The quantitative estimate of drug-likeness (QED) is 0.880. The number of rotatable bonds is 3. The van der Waals surface area contributed by atoms with Crippen LogP contribution in [0, 0.1) is 5.82 Å². The van der Waals surface area contributed by atoms with Gasteiger partial charge in [-0.15, -0.1) is 0 Å². The minimum absolute atomic E-state index is 0.387. The summed E-state index contributed by atoms with van der Waals surface area (Å²) in [6, 6.07) is 1.27. The summed E-state index contributed by atoms with van der Waals surface area (Å²) in [7, 11) is 0. The second-order valence-corrected chi connectivity index (χ2v) is 4.00. The number of pyridine rings is 1. The molecule has 0 amide bonds. The summed E-state index contributed by atoms with van der Waals surface area (Å²) >= 11 is 0. The molecule has 1 N–H and O–H groups in total. The molecule has 0 aliphatic rings. The molecule has 0 spiro atoms. The summed E-state index contributed by atoms with van der Waals surface area (Å²) in [5.41, 5.74) is -0.965. The third-order valence-electron chi connectivity index (χ3n) is 2.76. The van der Waals surface area contributed by atoms with Crippen LogP contribution in [0.15, 0.2) is 30.9 Å². The molecule has 4 nitrogen and oxygen atoms in total. The van der Waals surface area contributed by atoms with E-state index in [2.05, 4.69) is 9.97 Å². The molecule has 0 bridgehead atoms. The highest BCUT2D eigenvalue weighted by atomic mass is 19.1. The second-order valence-electron chi connectivity index (χ2n) is 4.00. The van der Waals surface area contributed by atoms with Crippen LogP contribution in [-0.2, 0) is 12.1 Å². The smallest absolute Gasteiger partial charge is 0.146 e. The van der Waals surface area contributed by atoms with E-state index < -0.39 is 11.4 Å². The largest absolute Gasteiger partial charge is 0.377 e. The Morgan fingerprint density at radius 1 is 1.47 bits per heavy atom. The van der Waals surface area contributed by atoms with Crippen LogP contribution in [0.4, 0.5) is 4.39 Å². The van der Waals surface area contributed by atoms with Crippen molar-refractivity contribution in [3.8, 4) is 0 Å². The Balaban J connectivity index is 2.49. The number of hydrogen-bond donors (Lipinski definition) is 1. The summed E-state index contributed by atoms with van der Waals surface area (Å²) in [6.45, 7) is 4.22. The van der Waals surface area contributed by atoms with Gasteiger partial charge in [-0.05, 0) is 19.9 Å². The third kappa shape index (κ3) is 2.06. The Bertz CT molecular complexity index is 522. The third-order valence-corrected chi connectivity index (χ3v) is 2.76. The van der Waals surface area contributed by atoms with Gasteiger partial charge in [-0.3, -0.25) is 4.98 Å². The lowest BCUT2D eigenvalue weighted by atomic mass is 9.96. The van der Waals surface area contributed by atoms with Gasteiger partial charge in [0.05, 0.1) is 6.20 Å². The first-order valence-electron chi connectivity index (χ1n) is 5.40. The van der Waals surface area contributed by atoms with Gasteiger partial charge in [-0.25, -0.2) is 9.37 Å². The molecule has 5 heteroatoms. The van der Waals surface area contributed by atoms with Gasteiger partial charge in [0.1, 0.15) is 17.2 Å². The monoisotopic (exact) mass is 235 g/mol. The van der Waals surface area contributed by atoms with E-state index in [1.54, 1.807) is 19.3 Å². The number of imidazole rings is 1. The average molecular weight is 235 g/mol. The first kappa shape index (κ1) is 11.7. The zero-order valence-electron chi connectivity index (χ0n) is 9.76. The predicted octanol–water partition coefficient (Wildman–Crippen LogP) is 1.69. The molecule has 2 aromatic rings. The fourth-order valence-corrected chi connectivity index (χ4v) is 1.80. The van der Waals surface area contributed by atoms with E-state index in [9.17, 15) is 9.50 Å². The number of nitrogens with zero attached hydrogens (tertiary/aromatic N) is 3. The molecular formula is C12H14FN3O. The zero-order valence-corrected chi connectivity index (χ0v) is 9.76. The summed E-state index contributed by atoms with van der Waals surface area (Å²) in [4.78, 5) is 7.87. The summed E-state index contributed by atoms with van der Waals surface area (Å²) < 4.78 is 14.9. The molecule has 0 aromatic carbocycles. The minimum atomic E-state index is -1.35. The highest BCUT2D eigenvalue weighted by Crippen LogP contribution is 2.27. The van der Waals surface area contributed by atoms with Crippen LogP contribution < -0.4 is 0 Å². The van der Waals surface area contributed by atoms with Crippen molar-refractivity contribution in [2.75, 3.05) is 0 Å². The molecule has 1 unspecified atom stereocenters. The lowest BCUT2D eigenvalue weighted by Gasteiger charge is -2.23. The van der Waals surface area contributed by atoms with Gasteiger partial charge in [-0.2, -0.15) is 0 Å². The van der Waals surface area contributed by atoms with E-state index in [4.69, 9.17) is 0 Å². The first-order chi connectivity index (χ1) is 8.05. The number of hydrogen-bond acceptors (Lipinski definition) is 3. The average Bonchev–Trinajstić information content (AvgIpc) is 2.77. The van der Waals surface area contributed by atoms with Crippen molar-refractivity contribution < 1.29 is 9.50 Å². The van der Waals surface area contributed by atoms with E-state index in [1.165, 1.54) is 12.3 Å². The SMILES string of the molecule is CCn1ccnc1C(C)(O)c1cncc(F)c1. The molecular weight excluding hydrogens is 221 g/mol. The van der Waals surface area contributed by atoms with Crippen LogP contribution in [0.25, 0.3) is 0 Å². The van der Waals surface area contributed by atoms with Crippen molar-refractivity contribution >= 4 is 0 Å². The zero-order chi connectivity index (χ0) is 12.5. The van der Waals surface area contributed by atoms with E-state index in [1.807, 2.05) is 11.5 Å². The molecule has 90 valence electrons. The highest BCUT2D eigenvalue weighted by Gasteiger charge is 2.30. The molecule has 2 rings (SSSR count). The molecule has 0 radical (unpaired) electrons. The van der Waals surface area contributed by atoms with Crippen molar-refractivity contribution in [2.45, 2.75) is 26.0 Å². The van der Waals surface area contributed by atoms with Gasteiger partial charge in [0, 0.05) is 30.7 Å². The van der Waals surface area contributed by atoms with Gasteiger partial charge in [0.2, 0.25) is 0 Å². The maximum Gasteiger partial charge on any atom is 0.146 e. The van der Waals surface area contributed by atoms with Gasteiger partial charge in [0.15, 0.2) is 0 Å². The predicted molar refractivity (Wildman–Crippen MR) is 60.8 cm³/mol. The van der Waals surface area contributed by atoms with Crippen LogP contribution in [-0.4, -0.2) is 19.6 Å². The van der Waals surface area contributed by atoms with Crippen LogP contribution >= 0.6 is 0 Å².